The number of nitriles is 1. The summed E-state index contributed by atoms with van der Waals surface area (Å²) in [6, 6.07) is 18.7. The number of hydrogen-bond acceptors (Lipinski definition) is 5. The van der Waals surface area contributed by atoms with E-state index in [0.717, 1.165) is 11.1 Å². The molecule has 2 rings (SSSR count). The summed E-state index contributed by atoms with van der Waals surface area (Å²) in [6.07, 6.45) is 0. The first kappa shape index (κ1) is 21.6. The van der Waals surface area contributed by atoms with Gasteiger partial charge in [0.05, 0.1) is 6.07 Å². The Kier molecular flexibility index (Phi) is 7.10. The van der Waals surface area contributed by atoms with Gasteiger partial charge in [0.25, 0.3) is 11.8 Å². The van der Waals surface area contributed by atoms with Crippen LogP contribution in [0, 0.1) is 11.3 Å². The lowest BCUT2D eigenvalue weighted by molar-refractivity contribution is -0.152. The van der Waals surface area contributed by atoms with E-state index in [-0.39, 0.29) is 6.54 Å². The molecule has 0 radical (unpaired) electrons. The van der Waals surface area contributed by atoms with Crippen molar-refractivity contribution in [2.45, 2.75) is 19.4 Å². The van der Waals surface area contributed by atoms with Gasteiger partial charge in [-0.25, -0.2) is 0 Å². The fraction of sp³-hybridized carbons (Fsp3) is 0.273. The molecule has 0 atom stereocenters. The lowest BCUT2D eigenvalue weighted by atomic mass is 10.0. The molecule has 2 aromatic rings. The second kappa shape index (κ2) is 9.51. The average molecular weight is 393 g/mol. The summed E-state index contributed by atoms with van der Waals surface area (Å²) in [4.78, 5) is 37.1. The number of ether oxygens (including phenoxy) is 1. The van der Waals surface area contributed by atoms with Gasteiger partial charge in [-0.2, -0.15) is 5.26 Å². The molecule has 0 aliphatic rings. The standard InChI is InChI=1S/C22H23N3O4/c1-22(2,15-23)25(3)19(26)14-29-20(27)13-24-21(28)18-11-9-17(10-12-18)16-7-5-4-6-8-16/h4-12H,13-14H2,1-3H3,(H,24,28). The lowest BCUT2D eigenvalue weighted by Gasteiger charge is -2.28. The van der Waals surface area contributed by atoms with Crippen LogP contribution in [-0.4, -0.2) is 48.4 Å². The van der Waals surface area contributed by atoms with Gasteiger partial charge in [-0.05, 0) is 37.1 Å². The van der Waals surface area contributed by atoms with E-state index in [1.54, 1.807) is 26.0 Å². The molecular formula is C22H23N3O4. The number of benzene rings is 2. The molecule has 0 saturated carbocycles. The van der Waals surface area contributed by atoms with Crippen molar-refractivity contribution in [1.29, 1.82) is 5.26 Å². The van der Waals surface area contributed by atoms with E-state index in [9.17, 15) is 14.4 Å². The molecule has 2 amide bonds. The van der Waals surface area contributed by atoms with Gasteiger partial charge in [-0.15, -0.1) is 0 Å². The minimum absolute atomic E-state index is 0.363. The highest BCUT2D eigenvalue weighted by Gasteiger charge is 2.27. The molecule has 0 heterocycles. The van der Waals surface area contributed by atoms with Crippen LogP contribution in [0.3, 0.4) is 0 Å². The summed E-state index contributed by atoms with van der Waals surface area (Å²) in [5, 5.41) is 11.5. The number of amides is 2. The molecule has 7 heteroatoms. The number of esters is 1. The van der Waals surface area contributed by atoms with Crippen molar-refractivity contribution in [1.82, 2.24) is 10.2 Å². The van der Waals surface area contributed by atoms with Gasteiger partial charge >= 0.3 is 5.97 Å². The maximum absolute atomic E-state index is 12.2. The molecule has 0 saturated heterocycles. The van der Waals surface area contributed by atoms with Crippen molar-refractivity contribution in [3.8, 4) is 17.2 Å². The summed E-state index contributed by atoms with van der Waals surface area (Å²) in [5.74, 6) is -1.67. The predicted molar refractivity (Wildman–Crippen MR) is 108 cm³/mol. The van der Waals surface area contributed by atoms with Crippen LogP contribution < -0.4 is 5.32 Å². The van der Waals surface area contributed by atoms with E-state index in [1.807, 2.05) is 48.5 Å². The Hall–Kier alpha value is -3.66. The zero-order chi connectivity index (χ0) is 21.4. The van der Waals surface area contributed by atoms with Crippen molar-refractivity contribution in [3.05, 3.63) is 60.2 Å². The fourth-order valence-electron chi connectivity index (χ4n) is 2.38. The minimum Gasteiger partial charge on any atom is -0.454 e. The third-order valence-corrected chi connectivity index (χ3v) is 4.49. The number of carbonyl (C=O) groups excluding carboxylic acids is 3. The predicted octanol–water partition coefficient (Wildman–Crippen LogP) is 2.39. The van der Waals surface area contributed by atoms with Gasteiger partial charge in [-0.3, -0.25) is 14.4 Å². The monoisotopic (exact) mass is 393 g/mol. The molecule has 1 N–H and O–H groups in total. The zero-order valence-electron chi connectivity index (χ0n) is 16.6. The molecule has 0 spiro atoms. The first-order chi connectivity index (χ1) is 13.7. The van der Waals surface area contributed by atoms with Crippen molar-refractivity contribution < 1.29 is 19.1 Å². The normalized spacial score (nSPS) is 10.6. The van der Waals surface area contributed by atoms with Crippen LogP contribution in [0.15, 0.2) is 54.6 Å². The van der Waals surface area contributed by atoms with E-state index >= 15 is 0 Å². The number of hydrogen-bond donors (Lipinski definition) is 1. The average Bonchev–Trinajstić information content (AvgIpc) is 2.75. The molecule has 0 bridgehead atoms. The second-order valence-corrected chi connectivity index (χ2v) is 6.91. The smallest absolute Gasteiger partial charge is 0.325 e. The summed E-state index contributed by atoms with van der Waals surface area (Å²) < 4.78 is 4.87. The van der Waals surface area contributed by atoms with E-state index in [2.05, 4.69) is 5.32 Å². The van der Waals surface area contributed by atoms with Crippen LogP contribution >= 0.6 is 0 Å². The van der Waals surface area contributed by atoms with Crippen LogP contribution in [0.5, 0.6) is 0 Å². The largest absolute Gasteiger partial charge is 0.454 e. The van der Waals surface area contributed by atoms with Gasteiger partial charge in [0.2, 0.25) is 0 Å². The molecule has 150 valence electrons. The first-order valence-electron chi connectivity index (χ1n) is 9.02. The highest BCUT2D eigenvalue weighted by atomic mass is 16.5. The van der Waals surface area contributed by atoms with Crippen LogP contribution in [0.4, 0.5) is 0 Å². The van der Waals surface area contributed by atoms with Crippen molar-refractivity contribution in [2.75, 3.05) is 20.2 Å². The Morgan fingerprint density at radius 2 is 1.62 bits per heavy atom. The number of rotatable bonds is 7. The second-order valence-electron chi connectivity index (χ2n) is 6.91. The molecule has 0 aliphatic heterocycles. The van der Waals surface area contributed by atoms with Gasteiger partial charge in [0.1, 0.15) is 12.1 Å². The molecule has 2 aromatic carbocycles. The molecule has 0 unspecified atom stereocenters. The minimum atomic E-state index is -1.01. The molecule has 7 nitrogen and oxygen atoms in total. The van der Waals surface area contributed by atoms with Crippen LogP contribution in [0.25, 0.3) is 11.1 Å². The Bertz CT molecular complexity index is 915. The van der Waals surface area contributed by atoms with Gasteiger partial charge in [-0.1, -0.05) is 42.5 Å². The number of likely N-dealkylation sites (N-methyl/N-ethyl adjacent to an activating group) is 1. The quantitative estimate of drug-likeness (QED) is 0.728. The maximum atomic E-state index is 12.2. The van der Waals surface area contributed by atoms with Crippen molar-refractivity contribution >= 4 is 17.8 Å². The third-order valence-electron chi connectivity index (χ3n) is 4.49. The van der Waals surface area contributed by atoms with Gasteiger partial charge < -0.3 is 15.0 Å². The Morgan fingerprint density at radius 3 is 2.21 bits per heavy atom. The Morgan fingerprint density at radius 1 is 1.03 bits per heavy atom. The third kappa shape index (κ3) is 5.91. The lowest BCUT2D eigenvalue weighted by Crippen LogP contribution is -2.46. The molecule has 29 heavy (non-hydrogen) atoms. The highest BCUT2D eigenvalue weighted by Crippen LogP contribution is 2.19. The Balaban J connectivity index is 1.82. The van der Waals surface area contributed by atoms with E-state index in [4.69, 9.17) is 10.00 Å². The highest BCUT2D eigenvalue weighted by molar-refractivity contribution is 5.96. The molecule has 0 fully saturated rings. The number of nitrogens with one attached hydrogen (secondary N) is 1. The van der Waals surface area contributed by atoms with Crippen molar-refractivity contribution in [3.63, 3.8) is 0 Å². The van der Waals surface area contributed by atoms with Crippen molar-refractivity contribution in [2.24, 2.45) is 0 Å². The topological polar surface area (TPSA) is 99.5 Å². The summed E-state index contributed by atoms with van der Waals surface area (Å²) in [6.45, 7) is 2.30. The molecule has 0 aliphatic carbocycles. The van der Waals surface area contributed by atoms with Crippen LogP contribution in [0.1, 0.15) is 24.2 Å². The van der Waals surface area contributed by atoms with E-state index in [1.165, 1.54) is 11.9 Å². The summed E-state index contributed by atoms with van der Waals surface area (Å²) in [5.41, 5.74) is 1.41. The summed E-state index contributed by atoms with van der Waals surface area (Å²) in [7, 11) is 1.46. The van der Waals surface area contributed by atoms with E-state index in [0.29, 0.717) is 5.56 Å². The number of nitrogens with zero attached hydrogens (tertiary/aromatic N) is 2. The first-order valence-corrected chi connectivity index (χ1v) is 9.02. The zero-order valence-corrected chi connectivity index (χ0v) is 16.6. The maximum Gasteiger partial charge on any atom is 0.325 e. The summed E-state index contributed by atoms with van der Waals surface area (Å²) >= 11 is 0. The number of carbonyl (C=O) groups is 3. The SMILES string of the molecule is CN(C(=O)COC(=O)CNC(=O)c1ccc(-c2ccccc2)cc1)C(C)(C)C#N. The van der Waals surface area contributed by atoms with Crippen LogP contribution in [-0.2, 0) is 14.3 Å². The molecular weight excluding hydrogens is 370 g/mol. The molecule has 0 aromatic heterocycles. The Labute approximate surface area is 169 Å². The van der Waals surface area contributed by atoms with E-state index < -0.39 is 29.9 Å². The van der Waals surface area contributed by atoms with Gasteiger partial charge in [0.15, 0.2) is 6.61 Å². The van der Waals surface area contributed by atoms with Gasteiger partial charge in [0, 0.05) is 12.6 Å². The van der Waals surface area contributed by atoms with Crippen LogP contribution in [0.2, 0.25) is 0 Å². The fourth-order valence-corrected chi connectivity index (χ4v) is 2.38.